The fourth-order valence-corrected chi connectivity index (χ4v) is 3.87. The van der Waals surface area contributed by atoms with Crippen LogP contribution in [0.2, 0.25) is 5.02 Å². The van der Waals surface area contributed by atoms with Crippen molar-refractivity contribution >= 4 is 23.3 Å². The lowest BCUT2D eigenvalue weighted by molar-refractivity contribution is 0.174. The number of hydrogen-bond acceptors (Lipinski definition) is 6. The van der Waals surface area contributed by atoms with E-state index >= 15 is 0 Å². The number of carbonyl (C=O) groups excluding carboxylic acids is 1. The number of urea groups is 1. The number of benzene rings is 2. The van der Waals surface area contributed by atoms with Gasteiger partial charge >= 0.3 is 6.03 Å². The highest BCUT2D eigenvalue weighted by molar-refractivity contribution is 6.30. The molecule has 0 bridgehead atoms. The smallest absolute Gasteiger partial charge is 0.321 e. The fourth-order valence-electron chi connectivity index (χ4n) is 3.68. The molecule has 2 aliphatic rings. The molecule has 3 heterocycles. The van der Waals surface area contributed by atoms with Crippen molar-refractivity contribution in [3.8, 4) is 23.0 Å². The van der Waals surface area contributed by atoms with Crippen molar-refractivity contribution in [1.29, 1.82) is 0 Å². The molecule has 154 valence electrons. The number of nitrogens with one attached hydrogen (secondary N) is 1. The van der Waals surface area contributed by atoms with Crippen LogP contribution >= 0.6 is 11.6 Å². The molecule has 1 saturated heterocycles. The molecule has 0 spiro atoms. The third-order valence-electron chi connectivity index (χ3n) is 5.19. The first kappa shape index (κ1) is 18.7. The van der Waals surface area contributed by atoms with Crippen molar-refractivity contribution in [3.05, 3.63) is 53.4 Å². The van der Waals surface area contributed by atoms with Crippen molar-refractivity contribution in [1.82, 2.24) is 15.1 Å². The van der Waals surface area contributed by atoms with E-state index in [1.165, 1.54) is 0 Å². The van der Waals surface area contributed by atoms with E-state index in [2.05, 4.69) is 15.5 Å². The summed E-state index contributed by atoms with van der Waals surface area (Å²) in [5.74, 6) is 2.30. The van der Waals surface area contributed by atoms with Gasteiger partial charge in [-0.25, -0.2) is 4.79 Å². The number of hydrogen-bond donors (Lipinski definition) is 1. The highest BCUT2D eigenvalue weighted by Gasteiger charge is 2.29. The molecule has 1 aromatic heterocycles. The van der Waals surface area contributed by atoms with Crippen molar-refractivity contribution in [2.24, 2.45) is 0 Å². The molecule has 0 saturated carbocycles. The van der Waals surface area contributed by atoms with Gasteiger partial charge in [0.05, 0.1) is 5.92 Å². The zero-order chi connectivity index (χ0) is 20.5. The van der Waals surface area contributed by atoms with Crippen molar-refractivity contribution in [2.45, 2.75) is 18.8 Å². The molecule has 0 aliphatic carbocycles. The molecular formula is C21H19ClN4O4. The van der Waals surface area contributed by atoms with Crippen LogP contribution in [-0.4, -0.2) is 41.0 Å². The Balaban J connectivity index is 1.28. The number of amides is 2. The predicted molar refractivity (Wildman–Crippen MR) is 110 cm³/mol. The molecule has 5 rings (SSSR count). The molecular weight excluding hydrogens is 408 g/mol. The van der Waals surface area contributed by atoms with Crippen LogP contribution in [0, 0.1) is 0 Å². The molecule has 1 unspecified atom stereocenters. The molecule has 8 nitrogen and oxygen atoms in total. The molecule has 0 radical (unpaired) electrons. The summed E-state index contributed by atoms with van der Waals surface area (Å²) in [5.41, 5.74) is 1.43. The number of rotatable bonds is 3. The fraction of sp³-hybridized carbons (Fsp3) is 0.286. The third-order valence-corrected chi connectivity index (χ3v) is 5.43. The summed E-state index contributed by atoms with van der Waals surface area (Å²) in [6.45, 7) is 1.39. The maximum atomic E-state index is 12.7. The van der Waals surface area contributed by atoms with Crippen molar-refractivity contribution in [2.75, 3.05) is 25.2 Å². The van der Waals surface area contributed by atoms with Crippen LogP contribution in [0.4, 0.5) is 10.5 Å². The highest BCUT2D eigenvalue weighted by Crippen LogP contribution is 2.36. The van der Waals surface area contributed by atoms with E-state index < -0.39 is 0 Å². The summed E-state index contributed by atoms with van der Waals surface area (Å²) in [7, 11) is 0. The third kappa shape index (κ3) is 3.78. The van der Waals surface area contributed by atoms with Gasteiger partial charge in [0.15, 0.2) is 11.5 Å². The Morgan fingerprint density at radius 3 is 2.93 bits per heavy atom. The minimum absolute atomic E-state index is 0.0147. The van der Waals surface area contributed by atoms with Crippen molar-refractivity contribution < 1.29 is 18.7 Å². The normalized spacial score (nSPS) is 17.8. The number of aromatic nitrogens is 2. The molecule has 1 N–H and O–H groups in total. The van der Waals surface area contributed by atoms with Crippen LogP contribution in [0.5, 0.6) is 11.5 Å². The van der Waals surface area contributed by atoms with E-state index in [0.29, 0.717) is 47.1 Å². The van der Waals surface area contributed by atoms with Gasteiger partial charge in [-0.3, -0.25) is 0 Å². The van der Waals surface area contributed by atoms with Gasteiger partial charge in [0.25, 0.3) is 0 Å². The van der Waals surface area contributed by atoms with Gasteiger partial charge in [-0.1, -0.05) is 17.7 Å². The van der Waals surface area contributed by atoms with Gasteiger partial charge in [-0.2, -0.15) is 0 Å². The first-order chi connectivity index (χ1) is 14.7. The zero-order valence-corrected chi connectivity index (χ0v) is 16.8. The molecule has 9 heteroatoms. The summed E-state index contributed by atoms with van der Waals surface area (Å²) in [6.07, 6.45) is 1.74. The molecule has 1 atom stereocenters. The number of carbonyl (C=O) groups is 1. The van der Waals surface area contributed by atoms with Crippen LogP contribution in [0.3, 0.4) is 0 Å². The molecule has 2 aliphatic heterocycles. The second-order valence-corrected chi connectivity index (χ2v) is 7.68. The minimum atomic E-state index is -0.169. The number of fused-ring (bicyclic) bond motifs is 1. The van der Waals surface area contributed by atoms with Crippen LogP contribution in [0.15, 0.2) is 46.9 Å². The Morgan fingerprint density at radius 1 is 1.13 bits per heavy atom. The van der Waals surface area contributed by atoms with E-state index in [-0.39, 0.29) is 18.7 Å². The molecule has 1 fully saturated rings. The number of likely N-dealkylation sites (tertiary alicyclic amines) is 1. The SMILES string of the molecule is O=C(Nc1cccc(Cl)c1)N1CCCC(c2nnc(-c3ccc4c(c3)OCO4)o2)C1. The van der Waals surface area contributed by atoms with Gasteiger partial charge in [0, 0.05) is 29.4 Å². The average Bonchev–Trinajstić information content (AvgIpc) is 3.43. The lowest BCUT2D eigenvalue weighted by atomic mass is 9.98. The van der Waals surface area contributed by atoms with Crippen LogP contribution in [-0.2, 0) is 0 Å². The first-order valence-corrected chi connectivity index (χ1v) is 10.1. The average molecular weight is 427 g/mol. The summed E-state index contributed by atoms with van der Waals surface area (Å²) >= 11 is 5.99. The molecule has 30 heavy (non-hydrogen) atoms. The van der Waals surface area contributed by atoms with E-state index in [4.69, 9.17) is 25.5 Å². The quantitative estimate of drug-likeness (QED) is 0.661. The lowest BCUT2D eigenvalue weighted by Gasteiger charge is -2.31. The Labute approximate surface area is 177 Å². The second kappa shape index (κ2) is 7.87. The Kier molecular flexibility index (Phi) is 4.92. The topological polar surface area (TPSA) is 89.7 Å². The second-order valence-electron chi connectivity index (χ2n) is 7.24. The Morgan fingerprint density at radius 2 is 2.03 bits per heavy atom. The van der Waals surface area contributed by atoms with Crippen LogP contribution in [0.1, 0.15) is 24.7 Å². The van der Waals surface area contributed by atoms with E-state index in [9.17, 15) is 4.79 Å². The number of piperidine rings is 1. The first-order valence-electron chi connectivity index (χ1n) is 9.70. The highest BCUT2D eigenvalue weighted by atomic mass is 35.5. The number of nitrogens with zero attached hydrogens (tertiary/aromatic N) is 3. The number of ether oxygens (including phenoxy) is 2. The van der Waals surface area contributed by atoms with Gasteiger partial charge < -0.3 is 24.1 Å². The summed E-state index contributed by atoms with van der Waals surface area (Å²) in [6, 6.07) is 12.4. The lowest BCUT2D eigenvalue weighted by Crippen LogP contribution is -2.41. The predicted octanol–water partition coefficient (Wildman–Crippen LogP) is 4.53. The maximum Gasteiger partial charge on any atom is 0.321 e. The van der Waals surface area contributed by atoms with Gasteiger partial charge in [0.1, 0.15) is 0 Å². The van der Waals surface area contributed by atoms with Gasteiger partial charge in [-0.05, 0) is 49.2 Å². The number of anilines is 1. The monoisotopic (exact) mass is 426 g/mol. The number of halogens is 1. The van der Waals surface area contributed by atoms with Crippen molar-refractivity contribution in [3.63, 3.8) is 0 Å². The molecule has 2 amide bonds. The van der Waals surface area contributed by atoms with Crippen LogP contribution in [0.25, 0.3) is 11.5 Å². The molecule has 3 aromatic rings. The Bertz CT molecular complexity index is 1090. The minimum Gasteiger partial charge on any atom is -0.454 e. The largest absolute Gasteiger partial charge is 0.454 e. The van der Waals surface area contributed by atoms with E-state index in [0.717, 1.165) is 18.4 Å². The Hall–Kier alpha value is -3.26. The zero-order valence-electron chi connectivity index (χ0n) is 16.0. The summed E-state index contributed by atoms with van der Waals surface area (Å²) < 4.78 is 16.7. The van der Waals surface area contributed by atoms with E-state index in [1.807, 2.05) is 18.2 Å². The maximum absolute atomic E-state index is 12.7. The van der Waals surface area contributed by atoms with Gasteiger partial charge in [-0.15, -0.1) is 10.2 Å². The van der Waals surface area contributed by atoms with Gasteiger partial charge in [0.2, 0.25) is 18.6 Å². The standard InChI is InChI=1S/C21H19ClN4O4/c22-15-4-1-5-16(10-15)23-21(27)26-8-2-3-14(11-26)20-25-24-19(30-20)13-6-7-17-18(9-13)29-12-28-17/h1,4-7,9-10,14H,2-3,8,11-12H2,(H,23,27). The van der Waals surface area contributed by atoms with E-state index in [1.54, 1.807) is 29.2 Å². The summed E-state index contributed by atoms with van der Waals surface area (Å²) in [4.78, 5) is 14.4. The molecule has 2 aromatic carbocycles. The summed E-state index contributed by atoms with van der Waals surface area (Å²) in [5, 5.41) is 11.9. The van der Waals surface area contributed by atoms with Crippen LogP contribution < -0.4 is 14.8 Å².